The second-order valence-electron chi connectivity index (χ2n) is 6.09. The van der Waals surface area contributed by atoms with Crippen molar-refractivity contribution in [1.82, 2.24) is 10.6 Å². The zero-order chi connectivity index (χ0) is 18.1. The number of nitrogens with two attached hydrogens (primary N) is 1. The van der Waals surface area contributed by atoms with E-state index in [1.807, 2.05) is 18.2 Å². The van der Waals surface area contributed by atoms with E-state index in [0.29, 0.717) is 37.1 Å². The molecule has 1 fully saturated rings. The van der Waals surface area contributed by atoms with Crippen LogP contribution < -0.4 is 25.8 Å². The molecule has 0 saturated heterocycles. The number of halogens is 1. The van der Waals surface area contributed by atoms with E-state index in [1.54, 1.807) is 14.2 Å². The third-order valence-electron chi connectivity index (χ3n) is 4.31. The molecule has 1 aliphatic rings. The van der Waals surface area contributed by atoms with E-state index >= 15 is 0 Å². The lowest BCUT2D eigenvalue weighted by molar-refractivity contribution is -0.127. The minimum atomic E-state index is 0. The first-order valence-corrected chi connectivity index (χ1v) is 8.66. The predicted octanol–water partition coefficient (Wildman–Crippen LogP) is 2.03. The number of aliphatic imine (C=N–C) groups is 1. The summed E-state index contributed by atoms with van der Waals surface area (Å²) in [6.07, 6.45) is 4.04. The molecule has 4 N–H and O–H groups in total. The van der Waals surface area contributed by atoms with E-state index in [0.717, 1.165) is 24.8 Å². The fourth-order valence-corrected chi connectivity index (χ4v) is 2.54. The summed E-state index contributed by atoms with van der Waals surface area (Å²) in [5.41, 5.74) is 6.85. The topological polar surface area (TPSA) is 98.0 Å². The van der Waals surface area contributed by atoms with Crippen molar-refractivity contribution in [2.75, 3.05) is 27.3 Å². The maximum atomic E-state index is 11.7. The van der Waals surface area contributed by atoms with Gasteiger partial charge in [0.15, 0.2) is 17.5 Å². The molecule has 1 aliphatic carbocycles. The Morgan fingerprint density at radius 1 is 1.19 bits per heavy atom. The number of hydrogen-bond acceptors (Lipinski definition) is 4. The molecule has 1 aromatic carbocycles. The van der Waals surface area contributed by atoms with Gasteiger partial charge in [0.05, 0.1) is 20.8 Å². The molecule has 0 heterocycles. The largest absolute Gasteiger partial charge is 0.493 e. The zero-order valence-electron chi connectivity index (χ0n) is 15.4. The number of rotatable bonds is 9. The Kier molecular flexibility index (Phi) is 10.2. The molecule has 26 heavy (non-hydrogen) atoms. The molecule has 0 bridgehead atoms. The number of nitrogens with one attached hydrogen (secondary N) is 2. The van der Waals surface area contributed by atoms with Gasteiger partial charge in [-0.05, 0) is 37.0 Å². The van der Waals surface area contributed by atoms with Crippen LogP contribution in [0.25, 0.3) is 0 Å². The van der Waals surface area contributed by atoms with E-state index in [2.05, 4.69) is 15.6 Å². The van der Waals surface area contributed by atoms with Gasteiger partial charge in [0, 0.05) is 19.0 Å². The highest BCUT2D eigenvalue weighted by Gasteiger charge is 2.24. The predicted molar refractivity (Wildman–Crippen MR) is 113 cm³/mol. The standard InChI is InChI=1S/C18H28N4O3.HI/c1-24-15-8-7-13(11-16(15)25-2)12-22-18(19)21-10-4-9-20-17(23)14-5-3-6-14;/h7-8,11,14H,3-6,9-10,12H2,1-2H3,(H,20,23)(H3,19,21,22);1H. The number of guanidine groups is 1. The van der Waals surface area contributed by atoms with Crippen molar-refractivity contribution in [3.05, 3.63) is 23.8 Å². The lowest BCUT2D eigenvalue weighted by Crippen LogP contribution is -2.37. The third-order valence-corrected chi connectivity index (χ3v) is 4.31. The van der Waals surface area contributed by atoms with Crippen LogP contribution in [0.15, 0.2) is 23.2 Å². The third kappa shape index (κ3) is 6.89. The average molecular weight is 476 g/mol. The molecule has 0 aliphatic heterocycles. The molecule has 0 radical (unpaired) electrons. The van der Waals surface area contributed by atoms with E-state index in [4.69, 9.17) is 15.2 Å². The second-order valence-corrected chi connectivity index (χ2v) is 6.09. The Morgan fingerprint density at radius 2 is 1.88 bits per heavy atom. The summed E-state index contributed by atoms with van der Waals surface area (Å²) in [6, 6.07) is 5.65. The van der Waals surface area contributed by atoms with E-state index < -0.39 is 0 Å². The summed E-state index contributed by atoms with van der Waals surface area (Å²) < 4.78 is 10.5. The van der Waals surface area contributed by atoms with Crippen LogP contribution in [0.4, 0.5) is 0 Å². The van der Waals surface area contributed by atoms with Crippen molar-refractivity contribution in [2.24, 2.45) is 16.6 Å². The highest BCUT2D eigenvalue weighted by Crippen LogP contribution is 2.27. The monoisotopic (exact) mass is 476 g/mol. The van der Waals surface area contributed by atoms with Gasteiger partial charge in [-0.15, -0.1) is 24.0 Å². The van der Waals surface area contributed by atoms with Gasteiger partial charge >= 0.3 is 0 Å². The molecule has 1 aromatic rings. The Balaban J connectivity index is 0.00000338. The van der Waals surface area contributed by atoms with E-state index in [1.165, 1.54) is 6.42 Å². The maximum Gasteiger partial charge on any atom is 0.223 e. The minimum Gasteiger partial charge on any atom is -0.493 e. The molecular weight excluding hydrogens is 447 g/mol. The maximum absolute atomic E-state index is 11.7. The van der Waals surface area contributed by atoms with Gasteiger partial charge in [-0.3, -0.25) is 4.79 Å². The summed E-state index contributed by atoms with van der Waals surface area (Å²) in [5, 5.41) is 6.01. The highest BCUT2D eigenvalue weighted by atomic mass is 127. The average Bonchev–Trinajstić information content (AvgIpc) is 2.57. The number of carbonyl (C=O) groups is 1. The van der Waals surface area contributed by atoms with Crippen molar-refractivity contribution in [3.63, 3.8) is 0 Å². The molecule has 146 valence electrons. The number of hydrogen-bond donors (Lipinski definition) is 3. The SMILES string of the molecule is COc1ccc(CN=C(N)NCCCNC(=O)C2CCC2)cc1OC.I. The van der Waals surface area contributed by atoms with Crippen molar-refractivity contribution in [1.29, 1.82) is 0 Å². The Labute approximate surface area is 172 Å². The van der Waals surface area contributed by atoms with Crippen molar-refractivity contribution in [2.45, 2.75) is 32.2 Å². The van der Waals surface area contributed by atoms with Crippen LogP contribution in [0.3, 0.4) is 0 Å². The van der Waals surface area contributed by atoms with Crippen molar-refractivity contribution in [3.8, 4) is 11.5 Å². The first-order chi connectivity index (χ1) is 12.1. The fraction of sp³-hybridized carbons (Fsp3) is 0.556. The van der Waals surface area contributed by atoms with Gasteiger partial charge in [-0.1, -0.05) is 12.5 Å². The van der Waals surface area contributed by atoms with Gasteiger partial charge in [0.1, 0.15) is 0 Å². The van der Waals surface area contributed by atoms with E-state index in [-0.39, 0.29) is 35.8 Å². The Morgan fingerprint density at radius 3 is 2.50 bits per heavy atom. The number of ether oxygens (including phenoxy) is 2. The first kappa shape index (κ1) is 22.3. The van der Waals surface area contributed by atoms with Gasteiger partial charge in [0.2, 0.25) is 5.91 Å². The summed E-state index contributed by atoms with van der Waals surface area (Å²) in [4.78, 5) is 16.0. The number of amides is 1. The molecule has 2 rings (SSSR count). The summed E-state index contributed by atoms with van der Waals surface area (Å²) in [6.45, 7) is 1.79. The van der Waals surface area contributed by atoms with E-state index in [9.17, 15) is 4.79 Å². The molecule has 1 saturated carbocycles. The molecule has 8 heteroatoms. The Hall–Kier alpha value is -1.71. The molecule has 0 spiro atoms. The quantitative estimate of drug-likeness (QED) is 0.219. The summed E-state index contributed by atoms with van der Waals surface area (Å²) in [5.74, 6) is 2.16. The van der Waals surface area contributed by atoms with Gasteiger partial charge in [-0.2, -0.15) is 0 Å². The van der Waals surface area contributed by atoms with Gasteiger partial charge in [-0.25, -0.2) is 4.99 Å². The molecule has 0 unspecified atom stereocenters. The van der Waals surface area contributed by atoms with Crippen LogP contribution in [0.5, 0.6) is 11.5 Å². The number of benzene rings is 1. The van der Waals surface area contributed by atoms with Crippen LogP contribution >= 0.6 is 24.0 Å². The fourth-order valence-electron chi connectivity index (χ4n) is 2.54. The number of carbonyl (C=O) groups excluding carboxylic acids is 1. The van der Waals surface area contributed by atoms with Crippen LogP contribution in [0, 0.1) is 5.92 Å². The molecular formula is C18H29IN4O3. The van der Waals surface area contributed by atoms with Crippen molar-refractivity contribution < 1.29 is 14.3 Å². The number of nitrogens with zero attached hydrogens (tertiary/aromatic N) is 1. The number of methoxy groups -OCH3 is 2. The second kappa shape index (κ2) is 11.8. The minimum absolute atomic E-state index is 0. The lowest BCUT2D eigenvalue weighted by atomic mass is 9.85. The molecule has 1 amide bonds. The summed E-state index contributed by atoms with van der Waals surface area (Å²) >= 11 is 0. The summed E-state index contributed by atoms with van der Waals surface area (Å²) in [7, 11) is 3.21. The first-order valence-electron chi connectivity index (χ1n) is 8.66. The van der Waals surface area contributed by atoms with Gasteiger partial charge < -0.3 is 25.8 Å². The van der Waals surface area contributed by atoms with Crippen LogP contribution in [0.2, 0.25) is 0 Å². The zero-order valence-corrected chi connectivity index (χ0v) is 17.7. The molecule has 0 atom stereocenters. The highest BCUT2D eigenvalue weighted by molar-refractivity contribution is 14.0. The normalized spacial score (nSPS) is 14.0. The lowest BCUT2D eigenvalue weighted by Gasteiger charge is -2.24. The Bertz CT molecular complexity index is 606. The molecule has 0 aromatic heterocycles. The van der Waals surface area contributed by atoms with Crippen molar-refractivity contribution >= 4 is 35.8 Å². The van der Waals surface area contributed by atoms with Crippen LogP contribution in [-0.4, -0.2) is 39.2 Å². The molecule has 7 nitrogen and oxygen atoms in total. The van der Waals surface area contributed by atoms with Gasteiger partial charge in [0.25, 0.3) is 0 Å². The smallest absolute Gasteiger partial charge is 0.223 e. The van der Waals surface area contributed by atoms with Crippen LogP contribution in [-0.2, 0) is 11.3 Å². The van der Waals surface area contributed by atoms with Crippen LogP contribution in [0.1, 0.15) is 31.2 Å².